The van der Waals surface area contributed by atoms with Crippen LogP contribution >= 0.6 is 0 Å². The summed E-state index contributed by atoms with van der Waals surface area (Å²) in [6.45, 7) is 1.86. The van der Waals surface area contributed by atoms with Gasteiger partial charge in [-0.25, -0.2) is 4.79 Å². The van der Waals surface area contributed by atoms with Crippen molar-refractivity contribution >= 4 is 28.7 Å². The Morgan fingerprint density at radius 3 is 2.31 bits per heavy atom. The number of benzene rings is 3. The monoisotopic (exact) mass is 393 g/mol. The average molecular weight is 393 g/mol. The maximum Gasteiger partial charge on any atom is 0.342 e. The smallest absolute Gasteiger partial charge is 0.342 e. The molecule has 3 aromatic rings. The molecule has 148 valence electrons. The summed E-state index contributed by atoms with van der Waals surface area (Å²) < 4.78 is 5.06. The molecule has 0 saturated heterocycles. The van der Waals surface area contributed by atoms with E-state index in [-0.39, 0.29) is 11.4 Å². The van der Waals surface area contributed by atoms with E-state index in [1.54, 1.807) is 36.4 Å². The van der Waals surface area contributed by atoms with Crippen LogP contribution in [0.4, 0.5) is 22.7 Å². The molecule has 0 atom stereocenters. The van der Waals surface area contributed by atoms with E-state index in [2.05, 4.69) is 15.5 Å². The first-order valence-electron chi connectivity index (χ1n) is 8.61. The summed E-state index contributed by atoms with van der Waals surface area (Å²) in [5.74, 6) is -1.81. The van der Waals surface area contributed by atoms with E-state index in [1.165, 1.54) is 13.2 Å². The molecule has 0 aromatic heterocycles. The number of rotatable bonds is 6. The number of hydrogen-bond acceptors (Lipinski definition) is 7. The van der Waals surface area contributed by atoms with Gasteiger partial charge >= 0.3 is 5.97 Å². The number of nitrogens with one attached hydrogen (secondary N) is 1. The lowest BCUT2D eigenvalue weighted by Gasteiger charge is -2.14. The summed E-state index contributed by atoms with van der Waals surface area (Å²) in [6, 6.07) is 15.0. The van der Waals surface area contributed by atoms with Crippen LogP contribution in [0.2, 0.25) is 0 Å². The fourth-order valence-corrected chi connectivity index (χ4v) is 2.66. The minimum absolute atomic E-state index is 0.0394. The third-order valence-electron chi connectivity index (χ3n) is 4.22. The van der Waals surface area contributed by atoms with Crippen LogP contribution in [-0.4, -0.2) is 28.4 Å². The number of methoxy groups -OCH3 is 1. The summed E-state index contributed by atoms with van der Waals surface area (Å²) in [7, 11) is 1.53. The molecule has 0 aliphatic rings. The maximum atomic E-state index is 11.7. The topological polar surface area (TPSA) is 124 Å². The predicted octanol–water partition coefficient (Wildman–Crippen LogP) is 5.27. The first kappa shape index (κ1) is 19.7. The standard InChI is InChI=1S/C21H19N3O5/c1-12-5-3-4-6-15(12)22-16-11-17(25)19(18(20(16)26)21(27)28)24-23-13-7-9-14(29-2)10-8-13/h3-11,22,25-26H,1-2H3,(H,27,28). The molecule has 0 radical (unpaired) electrons. The zero-order valence-electron chi connectivity index (χ0n) is 15.7. The van der Waals surface area contributed by atoms with Crippen molar-refractivity contribution in [2.45, 2.75) is 6.92 Å². The number of ether oxygens (including phenoxy) is 1. The number of carboxylic acid groups (broad SMARTS) is 1. The van der Waals surface area contributed by atoms with Crippen molar-refractivity contribution in [2.75, 3.05) is 12.4 Å². The Morgan fingerprint density at radius 1 is 1.00 bits per heavy atom. The van der Waals surface area contributed by atoms with Gasteiger partial charge in [-0.15, -0.1) is 5.11 Å². The number of aromatic carboxylic acids is 1. The van der Waals surface area contributed by atoms with Gasteiger partial charge in [-0.3, -0.25) is 0 Å². The maximum absolute atomic E-state index is 11.7. The Hall–Kier alpha value is -4.07. The van der Waals surface area contributed by atoms with Crippen molar-refractivity contribution < 1.29 is 24.9 Å². The highest BCUT2D eigenvalue weighted by molar-refractivity contribution is 6.01. The lowest BCUT2D eigenvalue weighted by atomic mass is 10.1. The summed E-state index contributed by atoms with van der Waals surface area (Å²) in [5.41, 5.74) is 1.10. The number of phenols is 2. The summed E-state index contributed by atoms with van der Waals surface area (Å²) in [6.07, 6.45) is 0. The molecule has 0 bridgehead atoms. The molecular weight excluding hydrogens is 374 g/mol. The third-order valence-corrected chi connectivity index (χ3v) is 4.22. The highest BCUT2D eigenvalue weighted by atomic mass is 16.5. The van der Waals surface area contributed by atoms with E-state index in [0.29, 0.717) is 17.1 Å². The number of carbonyl (C=O) groups is 1. The molecule has 8 heteroatoms. The Morgan fingerprint density at radius 2 is 1.69 bits per heavy atom. The summed E-state index contributed by atoms with van der Waals surface area (Å²) in [4.78, 5) is 11.7. The molecule has 0 spiro atoms. The quantitative estimate of drug-likeness (QED) is 0.257. The largest absolute Gasteiger partial charge is 0.506 e. The summed E-state index contributed by atoms with van der Waals surface area (Å²) in [5, 5.41) is 41.2. The normalized spacial score (nSPS) is 10.8. The Balaban J connectivity index is 2.01. The van der Waals surface area contributed by atoms with Crippen LogP contribution in [0.5, 0.6) is 17.2 Å². The second kappa shape index (κ2) is 8.30. The van der Waals surface area contributed by atoms with Gasteiger partial charge in [0.15, 0.2) is 5.75 Å². The van der Waals surface area contributed by atoms with Gasteiger partial charge in [-0.1, -0.05) is 18.2 Å². The van der Waals surface area contributed by atoms with Crippen LogP contribution in [0.15, 0.2) is 64.8 Å². The number of aryl methyl sites for hydroxylation is 1. The van der Waals surface area contributed by atoms with Gasteiger partial charge in [0, 0.05) is 11.8 Å². The van der Waals surface area contributed by atoms with E-state index < -0.39 is 23.0 Å². The molecule has 0 aliphatic carbocycles. The van der Waals surface area contributed by atoms with Gasteiger partial charge in [0.05, 0.1) is 18.5 Å². The molecule has 8 nitrogen and oxygen atoms in total. The number of nitrogens with zero attached hydrogens (tertiary/aromatic N) is 2. The molecule has 0 heterocycles. The number of azo groups is 1. The van der Waals surface area contributed by atoms with Gasteiger partial charge in [0.2, 0.25) is 0 Å². The molecule has 29 heavy (non-hydrogen) atoms. The van der Waals surface area contributed by atoms with Crippen LogP contribution < -0.4 is 10.1 Å². The fourth-order valence-electron chi connectivity index (χ4n) is 2.66. The minimum atomic E-state index is -1.45. The number of anilines is 2. The molecule has 0 aliphatic heterocycles. The molecule has 0 fully saturated rings. The highest BCUT2D eigenvalue weighted by Crippen LogP contribution is 2.44. The zero-order chi connectivity index (χ0) is 21.0. The van der Waals surface area contributed by atoms with Gasteiger partial charge < -0.3 is 25.4 Å². The Bertz CT molecular complexity index is 1080. The zero-order valence-corrected chi connectivity index (χ0v) is 15.7. The molecule has 3 aromatic carbocycles. The first-order valence-corrected chi connectivity index (χ1v) is 8.61. The van der Waals surface area contributed by atoms with E-state index >= 15 is 0 Å². The van der Waals surface area contributed by atoms with Gasteiger partial charge in [-0.05, 0) is 42.8 Å². The van der Waals surface area contributed by atoms with E-state index in [9.17, 15) is 20.1 Å². The van der Waals surface area contributed by atoms with Gasteiger partial charge in [-0.2, -0.15) is 5.11 Å². The molecule has 0 saturated carbocycles. The molecule has 3 rings (SSSR count). The van der Waals surface area contributed by atoms with E-state index in [4.69, 9.17) is 4.74 Å². The first-order chi connectivity index (χ1) is 13.9. The molecule has 0 unspecified atom stereocenters. The lowest BCUT2D eigenvalue weighted by Crippen LogP contribution is -2.01. The van der Waals surface area contributed by atoms with Crippen LogP contribution in [0.1, 0.15) is 15.9 Å². The third kappa shape index (κ3) is 4.27. The van der Waals surface area contributed by atoms with Crippen molar-refractivity contribution in [3.63, 3.8) is 0 Å². The number of hydrogen-bond donors (Lipinski definition) is 4. The average Bonchev–Trinajstić information content (AvgIpc) is 2.71. The van der Waals surface area contributed by atoms with Crippen LogP contribution in [-0.2, 0) is 0 Å². The Kier molecular flexibility index (Phi) is 5.64. The van der Waals surface area contributed by atoms with Gasteiger partial charge in [0.25, 0.3) is 0 Å². The highest BCUT2D eigenvalue weighted by Gasteiger charge is 2.23. The predicted molar refractivity (Wildman–Crippen MR) is 108 cm³/mol. The molecule has 4 N–H and O–H groups in total. The number of carboxylic acids is 1. The minimum Gasteiger partial charge on any atom is -0.506 e. The van der Waals surface area contributed by atoms with Crippen LogP contribution in [0, 0.1) is 6.92 Å². The molecule has 0 amide bonds. The van der Waals surface area contributed by atoms with Crippen molar-refractivity contribution in [2.24, 2.45) is 10.2 Å². The lowest BCUT2D eigenvalue weighted by molar-refractivity contribution is 0.0694. The summed E-state index contributed by atoms with van der Waals surface area (Å²) >= 11 is 0. The Labute approximate surface area is 166 Å². The number of para-hydroxylation sites is 1. The van der Waals surface area contributed by atoms with Crippen LogP contribution in [0.3, 0.4) is 0 Å². The number of aromatic hydroxyl groups is 2. The van der Waals surface area contributed by atoms with Crippen molar-refractivity contribution in [3.8, 4) is 17.2 Å². The molecular formula is C21H19N3O5. The number of phenolic OH excluding ortho intramolecular Hbond substituents is 1. The SMILES string of the molecule is COc1ccc(N=Nc2c(O)cc(Nc3ccccc3C)c(O)c2C(=O)O)cc1. The van der Waals surface area contributed by atoms with Crippen molar-refractivity contribution in [1.82, 2.24) is 0 Å². The fraction of sp³-hybridized carbons (Fsp3) is 0.0952. The van der Waals surface area contributed by atoms with Gasteiger partial charge in [0.1, 0.15) is 22.7 Å². The second-order valence-corrected chi connectivity index (χ2v) is 6.16. The van der Waals surface area contributed by atoms with E-state index in [0.717, 1.165) is 5.56 Å². The van der Waals surface area contributed by atoms with E-state index in [1.807, 2.05) is 19.1 Å². The van der Waals surface area contributed by atoms with Crippen molar-refractivity contribution in [1.29, 1.82) is 0 Å². The second-order valence-electron chi connectivity index (χ2n) is 6.16. The van der Waals surface area contributed by atoms with Crippen molar-refractivity contribution in [3.05, 3.63) is 65.7 Å². The van der Waals surface area contributed by atoms with Crippen LogP contribution in [0.25, 0.3) is 0 Å².